The van der Waals surface area contributed by atoms with Gasteiger partial charge in [0.15, 0.2) is 0 Å². The maximum Gasteiger partial charge on any atom is 0.0469 e. The summed E-state index contributed by atoms with van der Waals surface area (Å²) in [5, 5.41) is 3.35. The Morgan fingerprint density at radius 2 is 2.07 bits per heavy atom. The van der Waals surface area contributed by atoms with Crippen LogP contribution in [0, 0.1) is 5.92 Å². The third-order valence-electron chi connectivity index (χ3n) is 3.34. The second-order valence-electron chi connectivity index (χ2n) is 4.67. The summed E-state index contributed by atoms with van der Waals surface area (Å²) in [5.74, 6) is 0.845. The monoisotopic (exact) mass is 214 g/mol. The fourth-order valence-corrected chi connectivity index (χ4v) is 2.25. The van der Waals surface area contributed by atoms with Gasteiger partial charge in [-0.3, -0.25) is 0 Å². The van der Waals surface area contributed by atoms with Gasteiger partial charge in [0, 0.05) is 32.3 Å². The van der Waals surface area contributed by atoms with Crippen molar-refractivity contribution in [2.24, 2.45) is 5.92 Å². The lowest BCUT2D eigenvalue weighted by molar-refractivity contribution is 0.0548. The summed E-state index contributed by atoms with van der Waals surface area (Å²) < 4.78 is 5.37. The van der Waals surface area contributed by atoms with Crippen LogP contribution in [-0.2, 0) is 4.74 Å². The van der Waals surface area contributed by atoms with Gasteiger partial charge in [-0.25, -0.2) is 0 Å². The molecule has 0 saturated carbocycles. The molecule has 1 N–H and O–H groups in total. The van der Waals surface area contributed by atoms with Gasteiger partial charge in [-0.15, -0.1) is 0 Å². The third kappa shape index (κ3) is 4.96. The van der Waals surface area contributed by atoms with Gasteiger partial charge in [-0.05, 0) is 39.3 Å². The molecule has 1 rings (SSSR count). The number of nitrogens with one attached hydrogen (secondary N) is 1. The van der Waals surface area contributed by atoms with Crippen molar-refractivity contribution in [3.05, 3.63) is 0 Å². The predicted octanol–water partition coefficient (Wildman–Crippen LogP) is 1.34. The average Bonchev–Trinajstić information content (AvgIpc) is 2.27. The quantitative estimate of drug-likeness (QED) is 0.722. The van der Waals surface area contributed by atoms with Gasteiger partial charge in [0.25, 0.3) is 0 Å². The molecule has 90 valence electrons. The van der Waals surface area contributed by atoms with E-state index in [1.54, 1.807) is 0 Å². The molecular weight excluding hydrogens is 188 g/mol. The SMILES string of the molecule is CCC(CN(C)CC1CCOCC1)NC. The highest BCUT2D eigenvalue weighted by molar-refractivity contribution is 4.71. The van der Waals surface area contributed by atoms with Gasteiger partial charge < -0.3 is 15.0 Å². The number of hydrogen-bond donors (Lipinski definition) is 1. The van der Waals surface area contributed by atoms with Crippen molar-refractivity contribution in [1.82, 2.24) is 10.2 Å². The minimum atomic E-state index is 0.634. The normalized spacial score (nSPS) is 20.8. The lowest BCUT2D eigenvalue weighted by Gasteiger charge is -2.29. The highest BCUT2D eigenvalue weighted by Crippen LogP contribution is 2.15. The van der Waals surface area contributed by atoms with Crippen molar-refractivity contribution in [2.75, 3.05) is 40.4 Å². The predicted molar refractivity (Wildman–Crippen MR) is 64.2 cm³/mol. The van der Waals surface area contributed by atoms with Crippen molar-refractivity contribution >= 4 is 0 Å². The van der Waals surface area contributed by atoms with Crippen molar-refractivity contribution in [1.29, 1.82) is 0 Å². The second kappa shape index (κ2) is 7.20. The van der Waals surface area contributed by atoms with Crippen molar-refractivity contribution in [3.8, 4) is 0 Å². The summed E-state index contributed by atoms with van der Waals surface area (Å²) in [5.41, 5.74) is 0. The minimum Gasteiger partial charge on any atom is -0.381 e. The zero-order valence-corrected chi connectivity index (χ0v) is 10.5. The summed E-state index contributed by atoms with van der Waals surface area (Å²) in [6, 6.07) is 0.634. The van der Waals surface area contributed by atoms with Gasteiger partial charge in [-0.1, -0.05) is 6.92 Å². The molecule has 0 aliphatic carbocycles. The fraction of sp³-hybridized carbons (Fsp3) is 1.00. The molecular formula is C12H26N2O. The average molecular weight is 214 g/mol. The molecule has 0 aromatic carbocycles. The lowest BCUT2D eigenvalue weighted by atomic mass is 9.99. The summed E-state index contributed by atoms with van der Waals surface area (Å²) in [6.45, 7) is 6.54. The van der Waals surface area contributed by atoms with Crippen LogP contribution < -0.4 is 5.32 Å². The molecule has 1 saturated heterocycles. The van der Waals surface area contributed by atoms with Gasteiger partial charge in [0.1, 0.15) is 0 Å². The van der Waals surface area contributed by atoms with Crippen LogP contribution in [0.4, 0.5) is 0 Å². The van der Waals surface area contributed by atoms with Gasteiger partial charge in [0.05, 0.1) is 0 Å². The van der Waals surface area contributed by atoms with E-state index in [-0.39, 0.29) is 0 Å². The first-order valence-corrected chi connectivity index (χ1v) is 6.19. The molecule has 0 spiro atoms. The van der Waals surface area contributed by atoms with Crippen LogP contribution in [0.25, 0.3) is 0 Å². The third-order valence-corrected chi connectivity index (χ3v) is 3.34. The Balaban J connectivity index is 2.18. The van der Waals surface area contributed by atoms with Crippen LogP contribution >= 0.6 is 0 Å². The highest BCUT2D eigenvalue weighted by Gasteiger charge is 2.16. The Labute approximate surface area is 94.2 Å². The Hall–Kier alpha value is -0.120. The molecule has 3 nitrogen and oxygen atoms in total. The van der Waals surface area contributed by atoms with Gasteiger partial charge in [0.2, 0.25) is 0 Å². The summed E-state index contributed by atoms with van der Waals surface area (Å²) in [4.78, 5) is 2.46. The van der Waals surface area contributed by atoms with E-state index in [0.29, 0.717) is 6.04 Å². The smallest absolute Gasteiger partial charge is 0.0469 e. The van der Waals surface area contributed by atoms with Crippen LogP contribution in [0.1, 0.15) is 26.2 Å². The molecule has 0 aromatic rings. The number of hydrogen-bond acceptors (Lipinski definition) is 3. The zero-order valence-electron chi connectivity index (χ0n) is 10.5. The van der Waals surface area contributed by atoms with Crippen LogP contribution in [0.5, 0.6) is 0 Å². The van der Waals surface area contributed by atoms with E-state index in [9.17, 15) is 0 Å². The molecule has 15 heavy (non-hydrogen) atoms. The molecule has 0 amide bonds. The summed E-state index contributed by atoms with van der Waals surface area (Å²) in [6.07, 6.45) is 3.68. The second-order valence-corrected chi connectivity index (χ2v) is 4.67. The molecule has 0 bridgehead atoms. The largest absolute Gasteiger partial charge is 0.381 e. The van der Waals surface area contributed by atoms with E-state index in [0.717, 1.165) is 25.7 Å². The summed E-state index contributed by atoms with van der Waals surface area (Å²) in [7, 11) is 4.28. The minimum absolute atomic E-state index is 0.634. The topological polar surface area (TPSA) is 24.5 Å². The number of likely N-dealkylation sites (N-methyl/N-ethyl adjacent to an activating group) is 2. The van der Waals surface area contributed by atoms with E-state index in [1.165, 1.54) is 25.8 Å². The van der Waals surface area contributed by atoms with E-state index in [1.807, 2.05) is 0 Å². The lowest BCUT2D eigenvalue weighted by Crippen LogP contribution is -2.39. The van der Waals surface area contributed by atoms with Crippen LogP contribution in [0.2, 0.25) is 0 Å². The standard InChI is InChI=1S/C12H26N2O/c1-4-12(13-2)10-14(3)9-11-5-7-15-8-6-11/h11-13H,4-10H2,1-3H3. The van der Waals surface area contributed by atoms with Crippen molar-refractivity contribution in [2.45, 2.75) is 32.2 Å². The molecule has 0 aromatic heterocycles. The van der Waals surface area contributed by atoms with Crippen LogP contribution in [0.15, 0.2) is 0 Å². The molecule has 1 aliphatic heterocycles. The van der Waals surface area contributed by atoms with E-state index < -0.39 is 0 Å². The first-order valence-electron chi connectivity index (χ1n) is 6.19. The van der Waals surface area contributed by atoms with Gasteiger partial charge in [-0.2, -0.15) is 0 Å². The Kier molecular flexibility index (Phi) is 6.22. The molecule has 1 aliphatic rings. The van der Waals surface area contributed by atoms with Crippen LogP contribution in [0.3, 0.4) is 0 Å². The zero-order chi connectivity index (χ0) is 11.1. The van der Waals surface area contributed by atoms with E-state index >= 15 is 0 Å². The number of rotatable bonds is 6. The molecule has 0 radical (unpaired) electrons. The maximum absolute atomic E-state index is 5.37. The Morgan fingerprint density at radius 1 is 1.40 bits per heavy atom. The summed E-state index contributed by atoms with van der Waals surface area (Å²) >= 11 is 0. The van der Waals surface area contributed by atoms with E-state index in [4.69, 9.17) is 4.74 Å². The maximum atomic E-state index is 5.37. The van der Waals surface area contributed by atoms with E-state index in [2.05, 4.69) is 31.2 Å². The first kappa shape index (κ1) is 12.9. The van der Waals surface area contributed by atoms with Crippen LogP contribution in [-0.4, -0.2) is 51.3 Å². The van der Waals surface area contributed by atoms with Gasteiger partial charge >= 0.3 is 0 Å². The molecule has 3 heteroatoms. The van der Waals surface area contributed by atoms with Crippen molar-refractivity contribution < 1.29 is 4.74 Å². The fourth-order valence-electron chi connectivity index (χ4n) is 2.25. The molecule has 1 atom stereocenters. The Morgan fingerprint density at radius 3 is 2.60 bits per heavy atom. The Bertz CT molecular complexity index is 154. The molecule has 1 unspecified atom stereocenters. The van der Waals surface area contributed by atoms with Crippen molar-refractivity contribution in [3.63, 3.8) is 0 Å². The molecule has 1 fully saturated rings. The molecule has 1 heterocycles. The number of nitrogens with zero attached hydrogens (tertiary/aromatic N) is 1. The first-order chi connectivity index (χ1) is 7.26. The number of ether oxygens (including phenoxy) is 1. The highest BCUT2D eigenvalue weighted by atomic mass is 16.5.